The predicted molar refractivity (Wildman–Crippen MR) is 93.3 cm³/mol. The zero-order chi connectivity index (χ0) is 16.7. The molecule has 0 rings (SSSR count). The van der Waals surface area contributed by atoms with Crippen molar-refractivity contribution in [3.05, 3.63) is 0 Å². The Balaban J connectivity index is 3.19. The molecule has 5 heteroatoms. The molecule has 0 radical (unpaired) electrons. The topological polar surface area (TPSA) is 63.2 Å². The molecule has 132 valence electrons. The predicted octanol–water partition coefficient (Wildman–Crippen LogP) is 4.54. The number of carbonyl (C=O) groups is 1. The van der Waals surface area contributed by atoms with Crippen molar-refractivity contribution in [3.8, 4) is 0 Å². The minimum atomic E-state index is -3.39. The summed E-state index contributed by atoms with van der Waals surface area (Å²) in [5, 5.41) is 0. The molecule has 1 amide bonds. The van der Waals surface area contributed by atoms with Crippen molar-refractivity contribution in [2.75, 3.05) is 6.26 Å². The van der Waals surface area contributed by atoms with Gasteiger partial charge in [0.05, 0.1) is 6.26 Å². The molecule has 1 N–H and O–H groups in total. The van der Waals surface area contributed by atoms with Crippen molar-refractivity contribution in [1.82, 2.24) is 4.72 Å². The highest BCUT2D eigenvalue weighted by molar-refractivity contribution is 7.89. The number of rotatable bonds is 15. The van der Waals surface area contributed by atoms with Crippen molar-refractivity contribution < 1.29 is 13.2 Å². The van der Waals surface area contributed by atoms with Gasteiger partial charge >= 0.3 is 0 Å². The molecule has 22 heavy (non-hydrogen) atoms. The van der Waals surface area contributed by atoms with Crippen molar-refractivity contribution in [2.45, 2.75) is 96.8 Å². The van der Waals surface area contributed by atoms with E-state index in [2.05, 4.69) is 6.92 Å². The van der Waals surface area contributed by atoms with Crippen LogP contribution >= 0.6 is 0 Å². The van der Waals surface area contributed by atoms with Gasteiger partial charge in [-0.3, -0.25) is 9.52 Å². The molecule has 0 aliphatic heterocycles. The second-order valence-corrected chi connectivity index (χ2v) is 8.04. The summed E-state index contributed by atoms with van der Waals surface area (Å²) < 4.78 is 23.7. The second-order valence-electron chi connectivity index (χ2n) is 6.29. The number of hydrogen-bond donors (Lipinski definition) is 1. The fourth-order valence-corrected chi connectivity index (χ4v) is 3.08. The Morgan fingerprint density at radius 3 is 1.45 bits per heavy atom. The summed E-state index contributed by atoms with van der Waals surface area (Å²) in [5.41, 5.74) is 0. The Labute approximate surface area is 137 Å². The van der Waals surface area contributed by atoms with Crippen molar-refractivity contribution in [3.63, 3.8) is 0 Å². The number of unbranched alkanes of at least 4 members (excludes halogenated alkanes) is 12. The molecule has 0 aromatic heterocycles. The van der Waals surface area contributed by atoms with E-state index >= 15 is 0 Å². The zero-order valence-electron chi connectivity index (χ0n) is 14.5. The van der Waals surface area contributed by atoms with Gasteiger partial charge in [0.15, 0.2) is 0 Å². The summed E-state index contributed by atoms with van der Waals surface area (Å²) in [4.78, 5) is 11.3. The minimum Gasteiger partial charge on any atom is -0.274 e. The third kappa shape index (κ3) is 17.5. The van der Waals surface area contributed by atoms with Crippen LogP contribution in [-0.2, 0) is 14.8 Å². The maximum absolute atomic E-state index is 11.3. The molecule has 0 saturated heterocycles. The van der Waals surface area contributed by atoms with Crippen molar-refractivity contribution in [1.29, 1.82) is 0 Å². The fourth-order valence-electron chi connectivity index (χ4n) is 2.56. The summed E-state index contributed by atoms with van der Waals surface area (Å²) in [6, 6.07) is 0. The van der Waals surface area contributed by atoms with Gasteiger partial charge in [0.25, 0.3) is 0 Å². The van der Waals surface area contributed by atoms with E-state index in [0.29, 0.717) is 6.42 Å². The first-order chi connectivity index (χ1) is 10.5. The number of amides is 1. The van der Waals surface area contributed by atoms with Gasteiger partial charge in [-0.2, -0.15) is 0 Å². The lowest BCUT2D eigenvalue weighted by Crippen LogP contribution is -2.28. The molecule has 4 nitrogen and oxygen atoms in total. The maximum Gasteiger partial charge on any atom is 0.233 e. The average molecular weight is 334 g/mol. The summed E-state index contributed by atoms with van der Waals surface area (Å²) in [6.45, 7) is 2.25. The summed E-state index contributed by atoms with van der Waals surface area (Å²) in [5.74, 6) is -0.384. The van der Waals surface area contributed by atoms with Gasteiger partial charge in [-0.05, 0) is 6.42 Å². The van der Waals surface area contributed by atoms with E-state index in [9.17, 15) is 13.2 Å². The Morgan fingerprint density at radius 1 is 0.727 bits per heavy atom. The van der Waals surface area contributed by atoms with Gasteiger partial charge in [-0.25, -0.2) is 8.42 Å². The molecule has 0 aromatic carbocycles. The lowest BCUT2D eigenvalue weighted by molar-refractivity contribution is -0.119. The largest absolute Gasteiger partial charge is 0.274 e. The van der Waals surface area contributed by atoms with Crippen LogP contribution in [0.3, 0.4) is 0 Å². The Bertz CT molecular complexity index is 366. The number of nitrogens with one attached hydrogen (secondary N) is 1. The molecule has 0 aliphatic rings. The summed E-state index contributed by atoms with van der Waals surface area (Å²) in [7, 11) is -3.39. The van der Waals surface area contributed by atoms with Crippen LogP contribution in [0, 0.1) is 0 Å². The van der Waals surface area contributed by atoms with Crippen LogP contribution in [0.25, 0.3) is 0 Å². The van der Waals surface area contributed by atoms with Crippen LogP contribution in [0.2, 0.25) is 0 Å². The molecule has 0 saturated carbocycles. The van der Waals surface area contributed by atoms with E-state index in [1.807, 2.05) is 4.72 Å². The first-order valence-electron chi connectivity index (χ1n) is 8.96. The summed E-state index contributed by atoms with van der Waals surface area (Å²) >= 11 is 0. The summed E-state index contributed by atoms with van der Waals surface area (Å²) in [6.07, 6.45) is 17.7. The second kappa shape index (κ2) is 14.0. The highest BCUT2D eigenvalue weighted by Gasteiger charge is 2.07. The van der Waals surface area contributed by atoms with Crippen LogP contribution in [0.15, 0.2) is 0 Å². The molecular formula is C17H35NO3S. The fraction of sp³-hybridized carbons (Fsp3) is 0.941. The third-order valence-corrected chi connectivity index (χ3v) is 4.41. The third-order valence-electron chi connectivity index (χ3n) is 3.81. The molecular weight excluding hydrogens is 298 g/mol. The first-order valence-corrected chi connectivity index (χ1v) is 10.9. The normalized spacial score (nSPS) is 11.5. The van der Waals surface area contributed by atoms with E-state index in [1.165, 1.54) is 64.2 Å². The van der Waals surface area contributed by atoms with Gasteiger partial charge in [0, 0.05) is 6.42 Å². The van der Waals surface area contributed by atoms with E-state index in [-0.39, 0.29) is 5.91 Å². The lowest BCUT2D eigenvalue weighted by Gasteiger charge is -2.04. The van der Waals surface area contributed by atoms with Crippen molar-refractivity contribution in [2.24, 2.45) is 0 Å². The van der Waals surface area contributed by atoms with Crippen LogP contribution < -0.4 is 4.72 Å². The molecule has 0 spiro atoms. The van der Waals surface area contributed by atoms with Gasteiger partial charge < -0.3 is 0 Å². The standard InChI is InChI=1S/C17H35NO3S/c1-3-4-5-6-7-8-9-10-11-12-13-14-15-16-17(19)18-22(2,20)21/h3-16H2,1-2H3,(H,18,19). The Kier molecular flexibility index (Phi) is 13.7. The number of hydrogen-bond acceptors (Lipinski definition) is 3. The van der Waals surface area contributed by atoms with E-state index in [1.54, 1.807) is 0 Å². The van der Waals surface area contributed by atoms with E-state index in [0.717, 1.165) is 25.5 Å². The molecule has 0 fully saturated rings. The highest BCUT2D eigenvalue weighted by Crippen LogP contribution is 2.12. The lowest BCUT2D eigenvalue weighted by atomic mass is 10.0. The van der Waals surface area contributed by atoms with Crippen LogP contribution in [-0.4, -0.2) is 20.6 Å². The monoisotopic (exact) mass is 333 g/mol. The molecule has 0 unspecified atom stereocenters. The maximum atomic E-state index is 11.3. The number of sulfonamides is 1. The minimum absolute atomic E-state index is 0.310. The van der Waals surface area contributed by atoms with Crippen LogP contribution in [0.1, 0.15) is 96.8 Å². The molecule has 0 heterocycles. The quantitative estimate of drug-likeness (QED) is 0.447. The van der Waals surface area contributed by atoms with Gasteiger partial charge in [-0.15, -0.1) is 0 Å². The van der Waals surface area contributed by atoms with Crippen LogP contribution in [0.4, 0.5) is 0 Å². The van der Waals surface area contributed by atoms with Gasteiger partial charge in [0.2, 0.25) is 15.9 Å². The average Bonchev–Trinajstić information content (AvgIpc) is 2.42. The van der Waals surface area contributed by atoms with Crippen LogP contribution in [0.5, 0.6) is 0 Å². The molecule has 0 aliphatic carbocycles. The van der Waals surface area contributed by atoms with Crippen molar-refractivity contribution >= 4 is 15.9 Å². The molecule has 0 bridgehead atoms. The Morgan fingerprint density at radius 2 is 1.09 bits per heavy atom. The smallest absolute Gasteiger partial charge is 0.233 e. The van der Waals surface area contributed by atoms with Gasteiger partial charge in [-0.1, -0.05) is 84.0 Å². The zero-order valence-corrected chi connectivity index (χ0v) is 15.3. The highest BCUT2D eigenvalue weighted by atomic mass is 32.2. The SMILES string of the molecule is CCCCCCCCCCCCCCCC(=O)NS(C)(=O)=O. The Hall–Kier alpha value is -0.580. The number of carbonyl (C=O) groups excluding carboxylic acids is 1. The molecule has 0 aromatic rings. The van der Waals surface area contributed by atoms with E-state index in [4.69, 9.17) is 0 Å². The van der Waals surface area contributed by atoms with Gasteiger partial charge in [0.1, 0.15) is 0 Å². The molecule has 0 atom stereocenters. The first kappa shape index (κ1) is 21.4. The van der Waals surface area contributed by atoms with E-state index < -0.39 is 10.0 Å².